The van der Waals surface area contributed by atoms with Crippen molar-refractivity contribution in [3.8, 4) is 22.6 Å². The predicted octanol–water partition coefficient (Wildman–Crippen LogP) is 4.45. The van der Waals surface area contributed by atoms with Gasteiger partial charge in [-0.15, -0.1) is 0 Å². The second-order valence-electron chi connectivity index (χ2n) is 7.51. The van der Waals surface area contributed by atoms with Crippen molar-refractivity contribution >= 4 is 10.9 Å². The Kier molecular flexibility index (Phi) is 5.43. The first-order chi connectivity index (χ1) is 15.7. The summed E-state index contributed by atoms with van der Waals surface area (Å²) in [5.74, 6) is 1.56. The first kappa shape index (κ1) is 20.0. The Morgan fingerprint density at radius 1 is 1.03 bits per heavy atom. The molecule has 5 aromatic rings. The minimum atomic E-state index is -0.232. The Morgan fingerprint density at radius 3 is 2.72 bits per heavy atom. The highest BCUT2D eigenvalue weighted by Gasteiger charge is 2.10. The molecule has 160 valence electrons. The van der Waals surface area contributed by atoms with Gasteiger partial charge in [-0.05, 0) is 49.7 Å². The van der Waals surface area contributed by atoms with E-state index in [2.05, 4.69) is 30.4 Å². The molecule has 0 aliphatic carbocycles. The third-order valence-corrected chi connectivity index (χ3v) is 5.26. The monoisotopic (exact) mass is 428 g/mol. The summed E-state index contributed by atoms with van der Waals surface area (Å²) in [5.41, 5.74) is 4.75. The molecule has 3 aromatic heterocycles. The molecule has 0 amide bonds. The van der Waals surface area contributed by atoms with Gasteiger partial charge in [0.25, 0.3) is 0 Å². The minimum Gasteiger partial charge on any atom is -0.361 e. The van der Waals surface area contributed by atoms with Crippen molar-refractivity contribution in [3.63, 3.8) is 0 Å². The average molecular weight is 428 g/mol. The number of benzene rings is 2. The van der Waals surface area contributed by atoms with Crippen LogP contribution in [-0.4, -0.2) is 31.6 Å². The predicted molar refractivity (Wildman–Crippen MR) is 119 cm³/mol. The molecule has 0 radical (unpaired) electrons. The lowest BCUT2D eigenvalue weighted by Crippen LogP contribution is -2.16. The Balaban J connectivity index is 1.18. The SMILES string of the molecule is Cc1nccc(-c2ccc(-c3noc(CNCCc4c[nH]c5ccc(F)cc45)n3)cc2)n1. The standard InChI is InChI=1S/C24H21FN6O/c1-15-27-11-9-21(29-15)16-2-4-17(5-3-16)24-30-23(32-31-24)14-26-10-8-18-13-28-22-7-6-19(25)12-20(18)22/h2-7,9,11-13,26,28H,8,10,14H2,1H3. The molecule has 0 unspecified atom stereocenters. The van der Waals surface area contributed by atoms with E-state index in [0.29, 0.717) is 24.8 Å². The number of fused-ring (bicyclic) bond motifs is 1. The Labute approximate surface area is 183 Å². The maximum Gasteiger partial charge on any atom is 0.240 e. The highest BCUT2D eigenvalue weighted by molar-refractivity contribution is 5.83. The molecule has 0 saturated heterocycles. The minimum absolute atomic E-state index is 0.232. The maximum absolute atomic E-state index is 13.5. The number of halogens is 1. The third kappa shape index (κ3) is 4.26. The van der Waals surface area contributed by atoms with Crippen LogP contribution in [0.5, 0.6) is 0 Å². The normalized spacial score (nSPS) is 11.3. The van der Waals surface area contributed by atoms with Gasteiger partial charge in [-0.2, -0.15) is 4.98 Å². The topological polar surface area (TPSA) is 92.5 Å². The van der Waals surface area contributed by atoms with Crippen molar-refractivity contribution in [1.82, 2.24) is 30.4 Å². The van der Waals surface area contributed by atoms with Gasteiger partial charge in [0, 0.05) is 34.4 Å². The molecule has 2 aromatic carbocycles. The first-order valence-electron chi connectivity index (χ1n) is 10.3. The average Bonchev–Trinajstić information content (AvgIpc) is 3.44. The van der Waals surface area contributed by atoms with Crippen molar-refractivity contribution in [2.75, 3.05) is 6.54 Å². The van der Waals surface area contributed by atoms with Gasteiger partial charge in [-0.1, -0.05) is 29.4 Å². The van der Waals surface area contributed by atoms with Crippen LogP contribution in [-0.2, 0) is 13.0 Å². The quantitative estimate of drug-likeness (QED) is 0.372. The van der Waals surface area contributed by atoms with Crippen LogP contribution in [0.15, 0.2) is 65.4 Å². The van der Waals surface area contributed by atoms with Gasteiger partial charge in [-0.3, -0.25) is 0 Å². The number of aryl methyl sites for hydroxylation is 1. The smallest absolute Gasteiger partial charge is 0.240 e. The van der Waals surface area contributed by atoms with Crippen molar-refractivity contribution in [2.24, 2.45) is 0 Å². The summed E-state index contributed by atoms with van der Waals surface area (Å²) in [5, 5.41) is 8.30. The van der Waals surface area contributed by atoms with Crippen molar-refractivity contribution < 1.29 is 8.91 Å². The van der Waals surface area contributed by atoms with E-state index in [-0.39, 0.29) is 5.82 Å². The number of rotatable bonds is 7. The zero-order valence-electron chi connectivity index (χ0n) is 17.5. The Bertz CT molecular complexity index is 1360. The number of hydrogen-bond acceptors (Lipinski definition) is 6. The largest absolute Gasteiger partial charge is 0.361 e. The zero-order chi connectivity index (χ0) is 21.9. The molecule has 0 spiro atoms. The van der Waals surface area contributed by atoms with Crippen LogP contribution < -0.4 is 5.32 Å². The summed E-state index contributed by atoms with van der Waals surface area (Å²) < 4.78 is 18.9. The lowest BCUT2D eigenvalue weighted by Gasteiger charge is -2.02. The summed E-state index contributed by atoms with van der Waals surface area (Å²) in [6.07, 6.45) is 4.43. The summed E-state index contributed by atoms with van der Waals surface area (Å²) in [7, 11) is 0. The number of aromatic amines is 1. The molecule has 0 aliphatic rings. The molecule has 3 heterocycles. The van der Waals surface area contributed by atoms with Gasteiger partial charge in [0.15, 0.2) is 0 Å². The van der Waals surface area contributed by atoms with Gasteiger partial charge < -0.3 is 14.8 Å². The molecular weight excluding hydrogens is 407 g/mol. The van der Waals surface area contributed by atoms with Gasteiger partial charge >= 0.3 is 0 Å². The summed E-state index contributed by atoms with van der Waals surface area (Å²) in [6.45, 7) is 3.03. The molecule has 32 heavy (non-hydrogen) atoms. The van der Waals surface area contributed by atoms with Crippen LogP contribution >= 0.6 is 0 Å². The van der Waals surface area contributed by atoms with Crippen LogP contribution in [0.3, 0.4) is 0 Å². The second-order valence-corrected chi connectivity index (χ2v) is 7.51. The molecule has 0 aliphatic heterocycles. The highest BCUT2D eigenvalue weighted by Crippen LogP contribution is 2.22. The van der Waals surface area contributed by atoms with E-state index in [4.69, 9.17) is 4.52 Å². The molecule has 5 rings (SSSR count). The van der Waals surface area contributed by atoms with Crippen LogP contribution in [0.1, 0.15) is 17.3 Å². The molecule has 0 fully saturated rings. The molecule has 0 saturated carbocycles. The van der Waals surface area contributed by atoms with E-state index < -0.39 is 0 Å². The van der Waals surface area contributed by atoms with Crippen LogP contribution in [0.2, 0.25) is 0 Å². The number of aromatic nitrogens is 5. The van der Waals surface area contributed by atoms with Crippen molar-refractivity contribution in [3.05, 3.63) is 84.0 Å². The summed E-state index contributed by atoms with van der Waals surface area (Å²) in [6, 6.07) is 14.5. The third-order valence-electron chi connectivity index (χ3n) is 5.26. The van der Waals surface area contributed by atoms with Crippen LogP contribution in [0, 0.1) is 12.7 Å². The molecule has 0 atom stereocenters. The van der Waals surface area contributed by atoms with E-state index in [9.17, 15) is 4.39 Å². The van der Waals surface area contributed by atoms with E-state index >= 15 is 0 Å². The van der Waals surface area contributed by atoms with E-state index in [1.54, 1.807) is 18.3 Å². The molecule has 8 heteroatoms. The van der Waals surface area contributed by atoms with Gasteiger partial charge in [0.05, 0.1) is 12.2 Å². The fourth-order valence-electron chi connectivity index (χ4n) is 3.63. The van der Waals surface area contributed by atoms with Crippen LogP contribution in [0.4, 0.5) is 4.39 Å². The lowest BCUT2D eigenvalue weighted by atomic mass is 10.1. The summed E-state index contributed by atoms with van der Waals surface area (Å²) >= 11 is 0. The molecule has 0 bridgehead atoms. The van der Waals surface area contributed by atoms with Gasteiger partial charge in [0.1, 0.15) is 11.6 Å². The fraction of sp³-hybridized carbons (Fsp3) is 0.167. The first-order valence-corrected chi connectivity index (χ1v) is 10.3. The molecule has 7 nitrogen and oxygen atoms in total. The highest BCUT2D eigenvalue weighted by atomic mass is 19.1. The Morgan fingerprint density at radius 2 is 1.88 bits per heavy atom. The molecule has 2 N–H and O–H groups in total. The van der Waals surface area contributed by atoms with Crippen LogP contribution in [0.25, 0.3) is 33.5 Å². The van der Waals surface area contributed by atoms with E-state index in [1.165, 1.54) is 6.07 Å². The maximum atomic E-state index is 13.5. The van der Waals surface area contributed by atoms with Crippen molar-refractivity contribution in [1.29, 1.82) is 0 Å². The lowest BCUT2D eigenvalue weighted by molar-refractivity contribution is 0.368. The number of nitrogens with zero attached hydrogens (tertiary/aromatic N) is 4. The van der Waals surface area contributed by atoms with E-state index in [0.717, 1.165) is 45.5 Å². The summed E-state index contributed by atoms with van der Waals surface area (Å²) in [4.78, 5) is 16.2. The zero-order valence-corrected chi connectivity index (χ0v) is 17.5. The number of nitrogens with one attached hydrogen (secondary N) is 2. The number of hydrogen-bond donors (Lipinski definition) is 2. The second kappa shape index (κ2) is 8.68. The fourth-order valence-corrected chi connectivity index (χ4v) is 3.63. The van der Waals surface area contributed by atoms with Gasteiger partial charge in [-0.25, -0.2) is 14.4 Å². The number of H-pyrrole nitrogens is 1. The van der Waals surface area contributed by atoms with E-state index in [1.807, 2.05) is 43.5 Å². The molecular formula is C24H21FN6O. The van der Waals surface area contributed by atoms with Gasteiger partial charge in [0.2, 0.25) is 11.7 Å². The Hall–Kier alpha value is -3.91. The van der Waals surface area contributed by atoms with Crippen molar-refractivity contribution in [2.45, 2.75) is 19.9 Å².